The summed E-state index contributed by atoms with van der Waals surface area (Å²) in [6.45, 7) is 1.86. The SMILES string of the molecule is CC1(Nc2nc(N(c3ncc(C(F)(F)F)c(NC4(C)CC4)n3)c3cn(CC(F)(F)F)c4ncccc34)ncc2C(F)(F)F)CC1. The maximum atomic E-state index is 14.0. The van der Waals surface area contributed by atoms with Gasteiger partial charge in [0.05, 0.1) is 5.69 Å². The number of pyridine rings is 1. The molecule has 4 aromatic rings. The van der Waals surface area contributed by atoms with Crippen molar-refractivity contribution in [1.82, 2.24) is 29.5 Å². The second kappa shape index (κ2) is 10.1. The first-order valence-corrected chi connectivity index (χ1v) is 13.6. The van der Waals surface area contributed by atoms with E-state index in [-0.39, 0.29) is 16.7 Å². The second-order valence-corrected chi connectivity index (χ2v) is 11.7. The van der Waals surface area contributed by atoms with Gasteiger partial charge >= 0.3 is 18.5 Å². The zero-order chi connectivity index (χ0) is 32.6. The van der Waals surface area contributed by atoms with Crippen LogP contribution in [0.3, 0.4) is 0 Å². The summed E-state index contributed by atoms with van der Waals surface area (Å²) in [6, 6.07) is 2.80. The van der Waals surface area contributed by atoms with Gasteiger partial charge in [0.15, 0.2) is 0 Å². The predicted octanol–water partition coefficient (Wildman–Crippen LogP) is 7.61. The molecule has 0 amide bonds. The maximum Gasteiger partial charge on any atom is 0.421 e. The van der Waals surface area contributed by atoms with E-state index in [1.165, 1.54) is 18.3 Å². The Balaban J connectivity index is 1.59. The summed E-state index contributed by atoms with van der Waals surface area (Å²) >= 11 is 0. The van der Waals surface area contributed by atoms with E-state index in [1.54, 1.807) is 13.8 Å². The van der Waals surface area contributed by atoms with Crippen LogP contribution in [0.2, 0.25) is 0 Å². The van der Waals surface area contributed by atoms with E-state index >= 15 is 0 Å². The van der Waals surface area contributed by atoms with Gasteiger partial charge in [-0.1, -0.05) is 0 Å². The normalized spacial score (nSPS) is 17.3. The molecule has 4 aromatic heterocycles. The van der Waals surface area contributed by atoms with E-state index in [9.17, 15) is 39.5 Å². The largest absolute Gasteiger partial charge is 0.421 e. The highest BCUT2D eigenvalue weighted by Gasteiger charge is 2.44. The van der Waals surface area contributed by atoms with Crippen LogP contribution in [0.25, 0.3) is 11.0 Å². The Hall–Kier alpha value is -4.38. The first kappa shape index (κ1) is 30.6. The minimum absolute atomic E-state index is 0.0565. The molecular weight excluding hydrogens is 621 g/mol. The summed E-state index contributed by atoms with van der Waals surface area (Å²) in [5, 5.41) is 5.56. The number of halogens is 9. The van der Waals surface area contributed by atoms with Crippen LogP contribution in [0.1, 0.15) is 50.7 Å². The summed E-state index contributed by atoms with van der Waals surface area (Å²) in [4.78, 5) is 20.9. The number of anilines is 5. The van der Waals surface area contributed by atoms with Crippen molar-refractivity contribution in [2.45, 2.75) is 75.7 Å². The summed E-state index contributed by atoms with van der Waals surface area (Å²) < 4.78 is 125. The molecule has 0 saturated heterocycles. The lowest BCUT2D eigenvalue weighted by Gasteiger charge is -2.25. The molecule has 240 valence electrons. The Morgan fingerprint density at radius 2 is 1.27 bits per heavy atom. The standard InChI is InChI=1S/C27H24F9N9/c1-23(5-6-23)42-18-15(26(31,32)33)10-38-21(40-18)45(17-12-44(13-25(28,29)30)20-14(17)4-3-9-37-20)22-39-11-16(27(34,35)36)19(41-22)43-24(2)7-8-24/h3-4,9-12H,5-8,13H2,1-2H3,(H,38,40,42)(H,39,41,43). The fraction of sp³-hybridized carbons (Fsp3) is 0.444. The minimum atomic E-state index is -4.88. The molecule has 2 N–H and O–H groups in total. The third-order valence-corrected chi connectivity index (χ3v) is 7.61. The van der Waals surface area contributed by atoms with Crippen molar-refractivity contribution in [3.05, 3.63) is 48.0 Å². The van der Waals surface area contributed by atoms with Crippen molar-refractivity contribution in [3.63, 3.8) is 0 Å². The van der Waals surface area contributed by atoms with Crippen LogP contribution in [0.5, 0.6) is 0 Å². The van der Waals surface area contributed by atoms with Crippen LogP contribution in [-0.2, 0) is 18.9 Å². The molecule has 0 atom stereocenters. The number of fused-ring (bicyclic) bond motifs is 1. The third kappa shape index (κ3) is 6.40. The summed E-state index contributed by atoms with van der Waals surface area (Å²) in [6.07, 6.45) is -9.08. The Labute approximate surface area is 248 Å². The topological polar surface area (TPSA) is 96.7 Å². The van der Waals surface area contributed by atoms with Crippen molar-refractivity contribution in [2.75, 3.05) is 15.5 Å². The lowest BCUT2D eigenvalue weighted by Crippen LogP contribution is -2.25. The van der Waals surface area contributed by atoms with Crippen LogP contribution in [0.4, 0.5) is 68.7 Å². The molecule has 0 bridgehead atoms. The van der Waals surface area contributed by atoms with E-state index in [0.717, 1.165) is 15.7 Å². The predicted molar refractivity (Wildman–Crippen MR) is 144 cm³/mol. The summed E-state index contributed by atoms with van der Waals surface area (Å²) in [7, 11) is 0. The van der Waals surface area contributed by atoms with Gasteiger partial charge in [0, 0.05) is 41.3 Å². The Kier molecular flexibility index (Phi) is 6.85. The van der Waals surface area contributed by atoms with E-state index in [0.29, 0.717) is 38.1 Å². The molecule has 6 rings (SSSR count). The molecule has 0 radical (unpaired) electrons. The number of nitrogens with one attached hydrogen (secondary N) is 2. The number of alkyl halides is 9. The van der Waals surface area contributed by atoms with E-state index in [2.05, 4.69) is 35.6 Å². The van der Waals surface area contributed by atoms with Crippen molar-refractivity contribution in [1.29, 1.82) is 0 Å². The Morgan fingerprint density at radius 3 is 1.69 bits per heavy atom. The van der Waals surface area contributed by atoms with E-state index in [4.69, 9.17) is 0 Å². The van der Waals surface area contributed by atoms with Gasteiger partial charge in [-0.25, -0.2) is 19.9 Å². The van der Waals surface area contributed by atoms with Crippen LogP contribution in [-0.4, -0.2) is 46.7 Å². The van der Waals surface area contributed by atoms with Crippen molar-refractivity contribution in [2.24, 2.45) is 0 Å². The molecule has 4 heterocycles. The highest BCUT2D eigenvalue weighted by molar-refractivity contribution is 5.95. The minimum Gasteiger partial charge on any atom is -0.364 e. The van der Waals surface area contributed by atoms with Crippen LogP contribution in [0.15, 0.2) is 36.9 Å². The van der Waals surface area contributed by atoms with Gasteiger partial charge in [-0.05, 0) is 51.7 Å². The molecule has 2 aliphatic carbocycles. The molecule has 0 spiro atoms. The number of hydrogen-bond donors (Lipinski definition) is 2. The van der Waals surface area contributed by atoms with Gasteiger partial charge in [-0.2, -0.15) is 49.5 Å². The zero-order valence-corrected chi connectivity index (χ0v) is 23.5. The molecule has 45 heavy (non-hydrogen) atoms. The third-order valence-electron chi connectivity index (χ3n) is 7.61. The van der Waals surface area contributed by atoms with E-state index in [1.807, 2.05) is 0 Å². The first-order chi connectivity index (χ1) is 20.8. The molecule has 0 aliphatic heterocycles. The summed E-state index contributed by atoms with van der Waals surface area (Å²) in [5.74, 6) is -2.31. The number of rotatable bonds is 8. The molecular formula is C27H24F9N9. The van der Waals surface area contributed by atoms with Gasteiger partial charge in [-0.15, -0.1) is 0 Å². The Bertz CT molecular complexity index is 1670. The van der Waals surface area contributed by atoms with Crippen LogP contribution >= 0.6 is 0 Å². The lowest BCUT2D eigenvalue weighted by atomic mass is 10.2. The van der Waals surface area contributed by atoms with Crippen molar-refractivity contribution in [3.8, 4) is 0 Å². The maximum absolute atomic E-state index is 14.0. The highest BCUT2D eigenvalue weighted by Crippen LogP contribution is 2.46. The van der Waals surface area contributed by atoms with Crippen LogP contribution < -0.4 is 15.5 Å². The van der Waals surface area contributed by atoms with Gasteiger partial charge in [-0.3, -0.25) is 0 Å². The first-order valence-electron chi connectivity index (χ1n) is 13.6. The number of aromatic nitrogens is 6. The molecule has 2 fully saturated rings. The number of hydrogen-bond acceptors (Lipinski definition) is 8. The summed E-state index contributed by atoms with van der Waals surface area (Å²) in [5.41, 5.74) is -4.15. The molecule has 2 aliphatic rings. The average molecular weight is 646 g/mol. The Morgan fingerprint density at radius 1 is 0.778 bits per heavy atom. The molecule has 2 saturated carbocycles. The molecule has 0 aromatic carbocycles. The van der Waals surface area contributed by atoms with Gasteiger partial charge in [0.2, 0.25) is 11.9 Å². The highest BCUT2D eigenvalue weighted by atomic mass is 19.4. The van der Waals surface area contributed by atoms with Gasteiger partial charge in [0.1, 0.15) is 35.0 Å². The molecule has 9 nitrogen and oxygen atoms in total. The van der Waals surface area contributed by atoms with Crippen molar-refractivity contribution < 1.29 is 39.5 Å². The van der Waals surface area contributed by atoms with Gasteiger partial charge < -0.3 is 15.2 Å². The quantitative estimate of drug-likeness (QED) is 0.189. The molecule has 18 heteroatoms. The van der Waals surface area contributed by atoms with Crippen molar-refractivity contribution >= 4 is 40.3 Å². The van der Waals surface area contributed by atoms with Gasteiger partial charge in [0.25, 0.3) is 0 Å². The second-order valence-electron chi connectivity index (χ2n) is 11.7. The van der Waals surface area contributed by atoms with E-state index < -0.39 is 70.8 Å². The van der Waals surface area contributed by atoms with Crippen LogP contribution in [0, 0.1) is 0 Å². The number of nitrogens with zero attached hydrogens (tertiary/aromatic N) is 7. The lowest BCUT2D eigenvalue weighted by molar-refractivity contribution is -0.140. The molecule has 0 unspecified atom stereocenters. The zero-order valence-electron chi connectivity index (χ0n) is 23.5. The fourth-order valence-electron chi connectivity index (χ4n) is 4.66. The fourth-order valence-corrected chi connectivity index (χ4v) is 4.66. The smallest absolute Gasteiger partial charge is 0.364 e. The average Bonchev–Trinajstić information content (AvgIpc) is 3.81. The monoisotopic (exact) mass is 645 g/mol.